The van der Waals surface area contributed by atoms with Crippen LogP contribution in [0.5, 0.6) is 0 Å². The molecule has 1 saturated heterocycles. The first-order chi connectivity index (χ1) is 11.1. The second kappa shape index (κ2) is 10.7. The van der Waals surface area contributed by atoms with E-state index in [9.17, 15) is 4.79 Å². The summed E-state index contributed by atoms with van der Waals surface area (Å²) in [5.74, 6) is 0.901. The number of halogens is 1. The Labute approximate surface area is 152 Å². The van der Waals surface area contributed by atoms with Crippen LogP contribution in [0, 0.1) is 5.92 Å². The molecule has 4 nitrogen and oxygen atoms in total. The fourth-order valence-electron chi connectivity index (χ4n) is 3.21. The zero-order valence-corrected chi connectivity index (χ0v) is 16.0. The third-order valence-corrected chi connectivity index (χ3v) is 5.01. The number of piperidine rings is 1. The molecule has 0 radical (unpaired) electrons. The first-order valence-electron chi connectivity index (χ1n) is 8.92. The predicted molar refractivity (Wildman–Crippen MR) is 104 cm³/mol. The summed E-state index contributed by atoms with van der Waals surface area (Å²) in [7, 11) is 2.01. The molecule has 0 saturated carbocycles. The van der Waals surface area contributed by atoms with E-state index in [-0.39, 0.29) is 24.4 Å². The molecule has 1 fully saturated rings. The molecule has 0 aliphatic carbocycles. The molecule has 0 bridgehead atoms. The molecule has 1 aliphatic rings. The number of nitrogens with zero attached hydrogens (tertiary/aromatic N) is 1. The molecule has 1 aromatic rings. The van der Waals surface area contributed by atoms with Gasteiger partial charge in [0.25, 0.3) is 0 Å². The molecule has 1 aliphatic heterocycles. The standard InChI is InChI=1S/C19H31N3O.ClH/c1-4-16-5-7-18(8-6-16)21-19(23)15(2)22-13-10-17(11-14-22)9-12-20-3;/h5-8,15,17,20H,4,9-14H2,1-3H3,(H,21,23);1H. The molecule has 1 atom stereocenters. The molecule has 1 heterocycles. The van der Waals surface area contributed by atoms with Crippen LogP contribution >= 0.6 is 12.4 Å². The van der Waals surface area contributed by atoms with Gasteiger partial charge in [-0.1, -0.05) is 19.1 Å². The first kappa shape index (κ1) is 20.9. The topological polar surface area (TPSA) is 44.4 Å². The number of hydrogen-bond acceptors (Lipinski definition) is 3. The van der Waals surface area contributed by atoms with Gasteiger partial charge < -0.3 is 10.6 Å². The van der Waals surface area contributed by atoms with Crippen LogP contribution in [-0.4, -0.2) is 43.5 Å². The number of rotatable bonds is 7. The van der Waals surface area contributed by atoms with Gasteiger partial charge in [-0.15, -0.1) is 12.4 Å². The molecule has 2 N–H and O–H groups in total. The summed E-state index contributed by atoms with van der Waals surface area (Å²) < 4.78 is 0. The molecule has 5 heteroatoms. The third kappa shape index (κ3) is 6.08. The molecular formula is C19H32ClN3O. The molecule has 2 rings (SSSR count). The van der Waals surface area contributed by atoms with Crippen LogP contribution in [-0.2, 0) is 11.2 Å². The summed E-state index contributed by atoms with van der Waals surface area (Å²) in [6, 6.07) is 8.08. The van der Waals surface area contributed by atoms with E-state index in [1.165, 1.54) is 24.8 Å². The van der Waals surface area contributed by atoms with Gasteiger partial charge in [0.15, 0.2) is 0 Å². The summed E-state index contributed by atoms with van der Waals surface area (Å²) in [5.41, 5.74) is 2.18. The van der Waals surface area contributed by atoms with Crippen LogP contribution in [0.2, 0.25) is 0 Å². The van der Waals surface area contributed by atoms with Crippen molar-refractivity contribution in [2.45, 2.75) is 45.6 Å². The van der Waals surface area contributed by atoms with Gasteiger partial charge >= 0.3 is 0 Å². The lowest BCUT2D eigenvalue weighted by atomic mass is 9.93. The number of likely N-dealkylation sites (tertiary alicyclic amines) is 1. The van der Waals surface area contributed by atoms with Crippen molar-refractivity contribution >= 4 is 24.0 Å². The molecule has 1 aromatic carbocycles. The maximum absolute atomic E-state index is 12.5. The van der Waals surface area contributed by atoms with Crippen LogP contribution < -0.4 is 10.6 Å². The summed E-state index contributed by atoms with van der Waals surface area (Å²) in [4.78, 5) is 14.8. The SMILES string of the molecule is CCc1ccc(NC(=O)C(C)N2CCC(CCNC)CC2)cc1.Cl. The van der Waals surface area contributed by atoms with Crippen molar-refractivity contribution in [2.75, 3.05) is 32.0 Å². The Balaban J connectivity index is 0.00000288. The van der Waals surface area contributed by atoms with Gasteiger partial charge in [-0.2, -0.15) is 0 Å². The lowest BCUT2D eigenvalue weighted by Gasteiger charge is -2.35. The minimum Gasteiger partial charge on any atom is -0.325 e. The van der Waals surface area contributed by atoms with Gasteiger partial charge in [-0.25, -0.2) is 0 Å². The summed E-state index contributed by atoms with van der Waals surface area (Å²) in [6.07, 6.45) is 4.66. The number of nitrogens with one attached hydrogen (secondary N) is 2. The number of hydrogen-bond donors (Lipinski definition) is 2. The normalized spacial score (nSPS) is 17.1. The summed E-state index contributed by atoms with van der Waals surface area (Å²) in [5, 5.41) is 6.27. The minimum atomic E-state index is -0.0638. The van der Waals surface area contributed by atoms with Crippen LogP contribution in [0.3, 0.4) is 0 Å². The van der Waals surface area contributed by atoms with Crippen LogP contribution in [0.4, 0.5) is 5.69 Å². The molecule has 0 spiro atoms. The number of anilines is 1. The monoisotopic (exact) mass is 353 g/mol. The van der Waals surface area contributed by atoms with Crippen molar-refractivity contribution in [3.8, 4) is 0 Å². The minimum absolute atomic E-state index is 0. The third-order valence-electron chi connectivity index (χ3n) is 5.01. The second-order valence-corrected chi connectivity index (χ2v) is 6.59. The highest BCUT2D eigenvalue weighted by Crippen LogP contribution is 2.22. The van der Waals surface area contributed by atoms with Crippen molar-refractivity contribution in [1.29, 1.82) is 0 Å². The van der Waals surface area contributed by atoms with E-state index in [4.69, 9.17) is 0 Å². The maximum atomic E-state index is 12.5. The molecular weight excluding hydrogens is 322 g/mol. The maximum Gasteiger partial charge on any atom is 0.241 e. The smallest absolute Gasteiger partial charge is 0.241 e. The zero-order chi connectivity index (χ0) is 16.7. The van der Waals surface area contributed by atoms with Crippen molar-refractivity contribution in [3.63, 3.8) is 0 Å². The summed E-state index contributed by atoms with van der Waals surface area (Å²) in [6.45, 7) is 7.30. The fraction of sp³-hybridized carbons (Fsp3) is 0.632. The highest BCUT2D eigenvalue weighted by Gasteiger charge is 2.26. The number of benzene rings is 1. The summed E-state index contributed by atoms with van der Waals surface area (Å²) >= 11 is 0. The number of aryl methyl sites for hydroxylation is 1. The van der Waals surface area contributed by atoms with E-state index in [1.54, 1.807) is 0 Å². The Hall–Kier alpha value is -1.10. The van der Waals surface area contributed by atoms with Gasteiger partial charge in [-0.3, -0.25) is 9.69 Å². The molecule has 136 valence electrons. The molecule has 24 heavy (non-hydrogen) atoms. The van der Waals surface area contributed by atoms with E-state index in [0.717, 1.165) is 37.7 Å². The van der Waals surface area contributed by atoms with Crippen molar-refractivity contribution < 1.29 is 4.79 Å². The lowest BCUT2D eigenvalue weighted by Crippen LogP contribution is -2.46. The van der Waals surface area contributed by atoms with E-state index < -0.39 is 0 Å². The number of carbonyl (C=O) groups is 1. The van der Waals surface area contributed by atoms with Crippen LogP contribution in [0.15, 0.2) is 24.3 Å². The average Bonchev–Trinajstić information content (AvgIpc) is 2.60. The Morgan fingerprint density at radius 1 is 1.25 bits per heavy atom. The van der Waals surface area contributed by atoms with Crippen LogP contribution in [0.25, 0.3) is 0 Å². The molecule has 1 amide bonds. The van der Waals surface area contributed by atoms with Gasteiger partial charge in [0.1, 0.15) is 0 Å². The fourth-order valence-corrected chi connectivity index (χ4v) is 3.21. The Morgan fingerprint density at radius 3 is 2.42 bits per heavy atom. The van der Waals surface area contributed by atoms with Gasteiger partial charge in [-0.05, 0) is 82.9 Å². The van der Waals surface area contributed by atoms with Crippen molar-refractivity contribution in [2.24, 2.45) is 5.92 Å². The second-order valence-electron chi connectivity index (χ2n) is 6.59. The van der Waals surface area contributed by atoms with E-state index in [0.29, 0.717) is 0 Å². The average molecular weight is 354 g/mol. The highest BCUT2D eigenvalue weighted by atomic mass is 35.5. The van der Waals surface area contributed by atoms with Crippen molar-refractivity contribution in [3.05, 3.63) is 29.8 Å². The zero-order valence-electron chi connectivity index (χ0n) is 15.2. The van der Waals surface area contributed by atoms with Gasteiger partial charge in [0, 0.05) is 5.69 Å². The number of amides is 1. The first-order valence-corrected chi connectivity index (χ1v) is 8.92. The number of carbonyl (C=O) groups excluding carboxylic acids is 1. The molecule has 0 aromatic heterocycles. The Morgan fingerprint density at radius 2 is 1.88 bits per heavy atom. The van der Waals surface area contributed by atoms with Crippen molar-refractivity contribution in [1.82, 2.24) is 10.2 Å². The molecule has 1 unspecified atom stereocenters. The van der Waals surface area contributed by atoms with E-state index >= 15 is 0 Å². The largest absolute Gasteiger partial charge is 0.325 e. The predicted octanol–water partition coefficient (Wildman–Crippen LogP) is 3.32. The van der Waals surface area contributed by atoms with Gasteiger partial charge in [0.05, 0.1) is 6.04 Å². The van der Waals surface area contributed by atoms with E-state index in [2.05, 4.69) is 34.6 Å². The van der Waals surface area contributed by atoms with Gasteiger partial charge in [0.2, 0.25) is 5.91 Å². The van der Waals surface area contributed by atoms with E-state index in [1.807, 2.05) is 26.1 Å². The van der Waals surface area contributed by atoms with Crippen LogP contribution in [0.1, 0.15) is 38.7 Å². The Kier molecular flexibility index (Phi) is 9.34. The highest BCUT2D eigenvalue weighted by molar-refractivity contribution is 5.94. The quantitative estimate of drug-likeness (QED) is 0.790. The lowest BCUT2D eigenvalue weighted by molar-refractivity contribution is -0.121. The Bertz CT molecular complexity index is 484.